The molecule has 4 aromatic rings. The number of allylic oxidation sites excluding steroid dienone is 1. The summed E-state index contributed by atoms with van der Waals surface area (Å²) in [5.41, 5.74) is 2.73. The summed E-state index contributed by atoms with van der Waals surface area (Å²) < 4.78 is 6.00. The number of aromatic nitrogens is 6. The summed E-state index contributed by atoms with van der Waals surface area (Å²) in [7, 11) is 3.09. The van der Waals surface area contributed by atoms with Crippen LogP contribution in [0.15, 0.2) is 52.1 Å². The molecule has 0 fully saturated rings. The van der Waals surface area contributed by atoms with E-state index in [-0.39, 0.29) is 5.56 Å². The lowest BCUT2D eigenvalue weighted by atomic mass is 10.2. The van der Waals surface area contributed by atoms with Crippen LogP contribution in [0.3, 0.4) is 0 Å². The van der Waals surface area contributed by atoms with Crippen LogP contribution in [0.1, 0.15) is 17.0 Å². The highest BCUT2D eigenvalue weighted by Gasteiger charge is 2.21. The first-order valence-electron chi connectivity index (χ1n) is 9.30. The van der Waals surface area contributed by atoms with E-state index in [1.807, 2.05) is 62.4 Å². The molecule has 148 valence electrons. The first kappa shape index (κ1) is 18.7. The minimum absolute atomic E-state index is 0.341. The van der Waals surface area contributed by atoms with E-state index in [1.165, 1.54) is 11.6 Å². The Morgan fingerprint density at radius 2 is 1.76 bits per heavy atom. The molecule has 0 saturated carbocycles. The third-order valence-corrected chi connectivity index (χ3v) is 4.92. The van der Waals surface area contributed by atoms with Gasteiger partial charge >= 0.3 is 5.69 Å². The third kappa shape index (κ3) is 3.12. The van der Waals surface area contributed by atoms with Crippen LogP contribution in [0.4, 0.5) is 0 Å². The fourth-order valence-corrected chi connectivity index (χ4v) is 3.46. The van der Waals surface area contributed by atoms with Crippen molar-refractivity contribution in [3.63, 3.8) is 0 Å². The first-order chi connectivity index (χ1) is 13.9. The lowest BCUT2D eigenvalue weighted by Gasteiger charge is -2.08. The molecule has 0 amide bonds. The van der Waals surface area contributed by atoms with Crippen LogP contribution in [-0.4, -0.2) is 28.5 Å². The summed E-state index contributed by atoms with van der Waals surface area (Å²) in [5, 5.41) is 4.52. The molecule has 0 aliphatic carbocycles. The second kappa shape index (κ2) is 7.05. The van der Waals surface area contributed by atoms with E-state index in [1.54, 1.807) is 16.3 Å². The van der Waals surface area contributed by atoms with Crippen molar-refractivity contribution in [2.75, 3.05) is 0 Å². The van der Waals surface area contributed by atoms with Crippen LogP contribution in [0.5, 0.6) is 0 Å². The van der Waals surface area contributed by atoms with Crippen molar-refractivity contribution in [1.82, 2.24) is 28.5 Å². The SMILES string of the molecule is Cc1cc(C)n(-c2nc3c(c(=O)n(C)c(=O)n3C)n2C/C=C\c2ccccc2)n1. The van der Waals surface area contributed by atoms with Crippen molar-refractivity contribution in [2.24, 2.45) is 14.1 Å². The first-order valence-corrected chi connectivity index (χ1v) is 9.30. The number of nitrogens with zero attached hydrogens (tertiary/aromatic N) is 6. The minimum atomic E-state index is -0.410. The number of benzene rings is 1. The van der Waals surface area contributed by atoms with Crippen molar-refractivity contribution in [3.05, 3.63) is 80.3 Å². The van der Waals surface area contributed by atoms with Gasteiger partial charge in [0.1, 0.15) is 0 Å². The highest BCUT2D eigenvalue weighted by Crippen LogP contribution is 2.17. The minimum Gasteiger partial charge on any atom is -0.299 e. The zero-order valence-electron chi connectivity index (χ0n) is 16.8. The smallest absolute Gasteiger partial charge is 0.299 e. The van der Waals surface area contributed by atoms with Gasteiger partial charge in [0, 0.05) is 26.3 Å². The molecule has 0 unspecified atom stereocenters. The molecule has 0 aliphatic heterocycles. The van der Waals surface area contributed by atoms with Gasteiger partial charge in [-0.15, -0.1) is 0 Å². The van der Waals surface area contributed by atoms with E-state index < -0.39 is 5.69 Å². The van der Waals surface area contributed by atoms with E-state index >= 15 is 0 Å². The largest absolute Gasteiger partial charge is 0.332 e. The average Bonchev–Trinajstić information content (AvgIpc) is 3.25. The second-order valence-corrected chi connectivity index (χ2v) is 7.05. The van der Waals surface area contributed by atoms with Gasteiger partial charge in [0.15, 0.2) is 11.2 Å². The Morgan fingerprint density at radius 3 is 2.41 bits per heavy atom. The molecule has 0 radical (unpaired) electrons. The Bertz CT molecular complexity index is 1350. The number of fused-ring (bicyclic) bond motifs is 1. The average molecular weight is 390 g/mol. The normalized spacial score (nSPS) is 11.7. The van der Waals surface area contributed by atoms with Gasteiger partial charge in [-0.05, 0) is 25.5 Å². The Hall–Kier alpha value is -3.68. The molecule has 0 saturated heterocycles. The zero-order valence-corrected chi connectivity index (χ0v) is 16.8. The molecule has 0 atom stereocenters. The molecule has 0 bridgehead atoms. The third-order valence-electron chi connectivity index (χ3n) is 4.92. The molecule has 8 heteroatoms. The summed E-state index contributed by atoms with van der Waals surface area (Å²) >= 11 is 0. The molecule has 4 rings (SSSR count). The summed E-state index contributed by atoms with van der Waals surface area (Å²) in [6, 6.07) is 11.9. The van der Waals surface area contributed by atoms with Gasteiger partial charge in [0.2, 0.25) is 5.95 Å². The van der Waals surface area contributed by atoms with E-state index in [0.717, 1.165) is 21.5 Å². The number of rotatable bonds is 4. The molecule has 0 spiro atoms. The standard InChI is InChI=1S/C21H22N6O2/c1-14-13-15(2)27(23-14)20-22-18-17(19(28)25(4)21(29)24(18)3)26(20)12-8-11-16-9-6-5-7-10-16/h5-11,13H,12H2,1-4H3/b11-8-. The highest BCUT2D eigenvalue weighted by atomic mass is 16.2. The Labute approximate surface area is 167 Å². The summed E-state index contributed by atoms with van der Waals surface area (Å²) in [6.45, 7) is 4.24. The summed E-state index contributed by atoms with van der Waals surface area (Å²) in [6.07, 6.45) is 3.96. The van der Waals surface area contributed by atoms with E-state index in [0.29, 0.717) is 23.7 Å². The maximum absolute atomic E-state index is 12.9. The van der Waals surface area contributed by atoms with Crippen LogP contribution >= 0.6 is 0 Å². The fourth-order valence-electron chi connectivity index (χ4n) is 3.46. The Kier molecular flexibility index (Phi) is 4.54. The van der Waals surface area contributed by atoms with Crippen molar-refractivity contribution in [2.45, 2.75) is 20.4 Å². The van der Waals surface area contributed by atoms with Gasteiger partial charge in [-0.1, -0.05) is 42.5 Å². The van der Waals surface area contributed by atoms with Gasteiger partial charge in [0.25, 0.3) is 5.56 Å². The molecule has 1 aromatic carbocycles. The van der Waals surface area contributed by atoms with Gasteiger partial charge in [-0.25, -0.2) is 9.48 Å². The van der Waals surface area contributed by atoms with Crippen LogP contribution in [0.25, 0.3) is 23.2 Å². The Morgan fingerprint density at radius 1 is 1.03 bits per heavy atom. The van der Waals surface area contributed by atoms with Crippen molar-refractivity contribution < 1.29 is 0 Å². The van der Waals surface area contributed by atoms with Crippen molar-refractivity contribution >= 4 is 17.2 Å². The molecule has 3 heterocycles. The molecule has 0 N–H and O–H groups in total. The van der Waals surface area contributed by atoms with E-state index in [2.05, 4.69) is 10.1 Å². The summed E-state index contributed by atoms with van der Waals surface area (Å²) in [5.74, 6) is 0.501. The number of aryl methyl sites for hydroxylation is 3. The second-order valence-electron chi connectivity index (χ2n) is 7.05. The van der Waals surface area contributed by atoms with Crippen LogP contribution < -0.4 is 11.2 Å². The maximum atomic E-state index is 12.9. The van der Waals surface area contributed by atoms with Crippen LogP contribution in [-0.2, 0) is 20.6 Å². The molecule has 3 aromatic heterocycles. The topological polar surface area (TPSA) is 79.6 Å². The molecular weight excluding hydrogens is 368 g/mol. The van der Waals surface area contributed by atoms with Crippen molar-refractivity contribution in [1.29, 1.82) is 0 Å². The maximum Gasteiger partial charge on any atom is 0.332 e. The van der Waals surface area contributed by atoms with E-state index in [9.17, 15) is 9.59 Å². The fraction of sp³-hybridized carbons (Fsp3) is 0.238. The predicted octanol–water partition coefficient (Wildman–Crippen LogP) is 1.95. The zero-order chi connectivity index (χ0) is 20.7. The number of hydrogen-bond donors (Lipinski definition) is 0. The monoisotopic (exact) mass is 390 g/mol. The molecule has 29 heavy (non-hydrogen) atoms. The van der Waals surface area contributed by atoms with Crippen molar-refractivity contribution in [3.8, 4) is 5.95 Å². The van der Waals surface area contributed by atoms with Gasteiger partial charge in [-0.2, -0.15) is 10.1 Å². The predicted molar refractivity (Wildman–Crippen MR) is 112 cm³/mol. The number of imidazole rings is 1. The molecule has 0 aliphatic rings. The molecule has 8 nitrogen and oxygen atoms in total. The highest BCUT2D eigenvalue weighted by molar-refractivity contribution is 5.73. The molecular formula is C21H22N6O2. The van der Waals surface area contributed by atoms with Crippen LogP contribution in [0.2, 0.25) is 0 Å². The lowest BCUT2D eigenvalue weighted by Crippen LogP contribution is -2.37. The quantitative estimate of drug-likeness (QED) is 0.533. The van der Waals surface area contributed by atoms with Gasteiger partial charge < -0.3 is 0 Å². The van der Waals surface area contributed by atoms with Gasteiger partial charge in [-0.3, -0.25) is 18.5 Å². The lowest BCUT2D eigenvalue weighted by molar-refractivity contribution is 0.696. The number of hydrogen-bond acceptors (Lipinski definition) is 4. The van der Waals surface area contributed by atoms with Gasteiger partial charge in [0.05, 0.1) is 5.69 Å². The summed E-state index contributed by atoms with van der Waals surface area (Å²) in [4.78, 5) is 29.9. The Balaban J connectivity index is 1.95. The van der Waals surface area contributed by atoms with Crippen LogP contribution in [0, 0.1) is 13.8 Å². The van der Waals surface area contributed by atoms with E-state index in [4.69, 9.17) is 0 Å².